The van der Waals surface area contributed by atoms with Gasteiger partial charge in [0.15, 0.2) is 0 Å². The molecule has 0 aliphatic heterocycles. The summed E-state index contributed by atoms with van der Waals surface area (Å²) in [5.74, 6) is -1.10. The predicted octanol–water partition coefficient (Wildman–Crippen LogP) is 4.01. The van der Waals surface area contributed by atoms with Gasteiger partial charge in [-0.15, -0.1) is 0 Å². The zero-order valence-corrected chi connectivity index (χ0v) is 11.4. The lowest BCUT2D eigenvalue weighted by molar-refractivity contribution is 0.565. The minimum absolute atomic E-state index is 0.119. The lowest BCUT2D eigenvalue weighted by Gasteiger charge is -2.07. The van der Waals surface area contributed by atoms with Gasteiger partial charge in [-0.2, -0.15) is 0 Å². The number of halogens is 2. The number of benzene rings is 2. The molecule has 2 aromatic carbocycles. The average Bonchev–Trinajstić information content (AvgIpc) is 2.34. The van der Waals surface area contributed by atoms with Crippen LogP contribution in [0, 0.1) is 11.6 Å². The van der Waals surface area contributed by atoms with Crippen molar-refractivity contribution in [1.29, 1.82) is 0 Å². The largest absolute Gasteiger partial charge is 0.328 e. The van der Waals surface area contributed by atoms with Gasteiger partial charge in [0.05, 0.1) is 0 Å². The fourth-order valence-electron chi connectivity index (χ4n) is 1.75. The summed E-state index contributed by atoms with van der Waals surface area (Å²) in [6, 6.07) is 11.5. The number of hydrogen-bond acceptors (Lipinski definition) is 2. The summed E-state index contributed by atoms with van der Waals surface area (Å²) >= 11 is 1.28. The highest BCUT2D eigenvalue weighted by molar-refractivity contribution is 7.99. The third-order valence-corrected chi connectivity index (χ3v) is 3.66. The normalized spacial score (nSPS) is 12.4. The Morgan fingerprint density at radius 1 is 1.11 bits per heavy atom. The van der Waals surface area contributed by atoms with Gasteiger partial charge >= 0.3 is 0 Å². The summed E-state index contributed by atoms with van der Waals surface area (Å²) in [6.45, 7) is 1.95. The molecule has 0 aromatic heterocycles. The summed E-state index contributed by atoms with van der Waals surface area (Å²) in [4.78, 5) is 1.33. The summed E-state index contributed by atoms with van der Waals surface area (Å²) in [6.07, 6.45) is 0.815. The standard InChI is InChI=1S/C15H15F2NS/c1-10(18)8-11-2-5-13(6-3-11)19-15-7-4-12(16)9-14(15)17/h2-7,9-10H,8,18H2,1H3. The van der Waals surface area contributed by atoms with E-state index in [2.05, 4.69) is 0 Å². The van der Waals surface area contributed by atoms with E-state index in [1.165, 1.54) is 23.9 Å². The molecule has 1 unspecified atom stereocenters. The van der Waals surface area contributed by atoms with Crippen LogP contribution in [-0.2, 0) is 6.42 Å². The summed E-state index contributed by atoms with van der Waals surface area (Å²) < 4.78 is 26.3. The molecule has 100 valence electrons. The summed E-state index contributed by atoms with van der Waals surface area (Å²) in [5, 5.41) is 0. The van der Waals surface area contributed by atoms with Gasteiger partial charge in [-0.3, -0.25) is 0 Å². The number of nitrogens with two attached hydrogens (primary N) is 1. The summed E-state index contributed by atoms with van der Waals surface area (Å²) in [5.41, 5.74) is 6.88. The van der Waals surface area contributed by atoms with Crippen molar-refractivity contribution >= 4 is 11.8 Å². The van der Waals surface area contributed by atoms with Gasteiger partial charge in [0, 0.05) is 21.9 Å². The van der Waals surface area contributed by atoms with Crippen LogP contribution in [0.5, 0.6) is 0 Å². The molecule has 0 bridgehead atoms. The molecule has 0 spiro atoms. The van der Waals surface area contributed by atoms with E-state index in [-0.39, 0.29) is 6.04 Å². The Balaban J connectivity index is 2.10. The highest BCUT2D eigenvalue weighted by Crippen LogP contribution is 2.30. The van der Waals surface area contributed by atoms with Crippen LogP contribution in [-0.4, -0.2) is 6.04 Å². The molecule has 1 atom stereocenters. The molecule has 0 heterocycles. The molecular weight excluding hydrogens is 264 g/mol. The highest BCUT2D eigenvalue weighted by Gasteiger charge is 2.06. The van der Waals surface area contributed by atoms with Crippen molar-refractivity contribution in [1.82, 2.24) is 0 Å². The van der Waals surface area contributed by atoms with Crippen LogP contribution in [0.2, 0.25) is 0 Å². The first-order valence-electron chi connectivity index (χ1n) is 6.02. The van der Waals surface area contributed by atoms with Crippen LogP contribution < -0.4 is 5.73 Å². The molecule has 2 aromatic rings. The number of hydrogen-bond donors (Lipinski definition) is 1. The smallest absolute Gasteiger partial charge is 0.140 e. The molecule has 2 N–H and O–H groups in total. The molecule has 0 aliphatic carbocycles. The fourth-order valence-corrected chi connectivity index (χ4v) is 2.57. The van der Waals surface area contributed by atoms with Gasteiger partial charge in [-0.05, 0) is 43.2 Å². The highest BCUT2D eigenvalue weighted by atomic mass is 32.2. The molecule has 0 aliphatic rings. The molecule has 19 heavy (non-hydrogen) atoms. The molecule has 0 amide bonds. The van der Waals surface area contributed by atoms with Crippen molar-refractivity contribution in [2.24, 2.45) is 5.73 Å². The second kappa shape index (κ2) is 6.17. The minimum atomic E-state index is -0.561. The van der Waals surface area contributed by atoms with E-state index in [9.17, 15) is 8.78 Å². The van der Waals surface area contributed by atoms with Crippen LogP contribution in [0.1, 0.15) is 12.5 Å². The van der Waals surface area contributed by atoms with E-state index in [0.29, 0.717) is 4.90 Å². The van der Waals surface area contributed by atoms with Crippen molar-refractivity contribution in [2.45, 2.75) is 29.2 Å². The van der Waals surface area contributed by atoms with Crippen LogP contribution >= 0.6 is 11.8 Å². The van der Waals surface area contributed by atoms with Crippen molar-refractivity contribution in [3.8, 4) is 0 Å². The zero-order valence-electron chi connectivity index (χ0n) is 10.6. The zero-order chi connectivity index (χ0) is 13.8. The van der Waals surface area contributed by atoms with Crippen molar-refractivity contribution in [3.63, 3.8) is 0 Å². The van der Waals surface area contributed by atoms with Crippen molar-refractivity contribution < 1.29 is 8.78 Å². The number of rotatable bonds is 4. The summed E-state index contributed by atoms with van der Waals surface area (Å²) in [7, 11) is 0. The molecule has 2 rings (SSSR count). The van der Waals surface area contributed by atoms with Crippen LogP contribution in [0.4, 0.5) is 8.78 Å². The fraction of sp³-hybridized carbons (Fsp3) is 0.200. The van der Waals surface area contributed by atoms with Gasteiger partial charge in [-0.1, -0.05) is 23.9 Å². The van der Waals surface area contributed by atoms with Crippen molar-refractivity contribution in [2.75, 3.05) is 0 Å². The Hall–Kier alpha value is -1.39. The third-order valence-electron chi connectivity index (χ3n) is 2.60. The Kier molecular flexibility index (Phi) is 4.56. The average molecular weight is 279 g/mol. The van der Waals surface area contributed by atoms with Gasteiger partial charge in [0.2, 0.25) is 0 Å². The second-order valence-corrected chi connectivity index (χ2v) is 5.62. The van der Waals surface area contributed by atoms with E-state index in [1.54, 1.807) is 0 Å². The quantitative estimate of drug-likeness (QED) is 0.915. The topological polar surface area (TPSA) is 26.0 Å². The van der Waals surface area contributed by atoms with E-state index >= 15 is 0 Å². The van der Waals surface area contributed by atoms with Gasteiger partial charge < -0.3 is 5.73 Å². The van der Waals surface area contributed by atoms with Gasteiger partial charge in [0.1, 0.15) is 11.6 Å². The van der Waals surface area contributed by atoms with E-state index in [4.69, 9.17) is 5.73 Å². The lowest BCUT2D eigenvalue weighted by atomic mass is 10.1. The first kappa shape index (κ1) is 14.0. The molecule has 1 nitrogen and oxygen atoms in total. The monoisotopic (exact) mass is 279 g/mol. The molecule has 0 saturated carbocycles. The molecule has 0 radical (unpaired) electrons. The molecule has 0 fully saturated rings. The van der Waals surface area contributed by atoms with E-state index in [0.717, 1.165) is 22.9 Å². The van der Waals surface area contributed by atoms with E-state index in [1.807, 2.05) is 31.2 Å². The van der Waals surface area contributed by atoms with Gasteiger partial charge in [-0.25, -0.2) is 8.78 Å². The Morgan fingerprint density at radius 3 is 2.37 bits per heavy atom. The maximum absolute atomic E-state index is 13.5. The minimum Gasteiger partial charge on any atom is -0.328 e. The lowest BCUT2D eigenvalue weighted by Crippen LogP contribution is -2.17. The third kappa shape index (κ3) is 4.04. The van der Waals surface area contributed by atoms with Crippen LogP contribution in [0.3, 0.4) is 0 Å². The Labute approximate surface area is 115 Å². The molecular formula is C15H15F2NS. The van der Waals surface area contributed by atoms with Crippen LogP contribution in [0.25, 0.3) is 0 Å². The van der Waals surface area contributed by atoms with Gasteiger partial charge in [0.25, 0.3) is 0 Å². The maximum atomic E-state index is 13.5. The second-order valence-electron chi connectivity index (χ2n) is 4.50. The molecule has 4 heteroatoms. The molecule has 0 saturated heterocycles. The first-order valence-corrected chi connectivity index (χ1v) is 6.83. The Bertz CT molecular complexity index is 553. The first-order chi connectivity index (χ1) is 9.04. The van der Waals surface area contributed by atoms with E-state index < -0.39 is 11.6 Å². The SMILES string of the molecule is CC(N)Cc1ccc(Sc2ccc(F)cc2F)cc1. The maximum Gasteiger partial charge on any atom is 0.140 e. The van der Waals surface area contributed by atoms with Crippen LogP contribution in [0.15, 0.2) is 52.3 Å². The predicted molar refractivity (Wildman–Crippen MR) is 74.3 cm³/mol. The van der Waals surface area contributed by atoms with Crippen molar-refractivity contribution in [3.05, 3.63) is 59.7 Å². The Morgan fingerprint density at radius 2 is 1.79 bits per heavy atom.